The molecule has 1 aromatic heterocycles. The molecular formula is C19H18N2O5S. The van der Waals surface area contributed by atoms with Gasteiger partial charge in [-0.25, -0.2) is 0 Å². The Bertz CT molecular complexity index is 944. The maximum absolute atomic E-state index is 12.3. The SMILES string of the molecule is COc1ccc(C(=O)[C@@H](C)OC(=O)CSc2[nH]c(=O)cc(C)c2C#N)cc1. The molecule has 140 valence electrons. The zero-order chi connectivity index (χ0) is 20.0. The van der Waals surface area contributed by atoms with E-state index >= 15 is 0 Å². The van der Waals surface area contributed by atoms with Gasteiger partial charge in [0.15, 0.2) is 6.10 Å². The molecule has 0 aliphatic carbocycles. The lowest BCUT2D eigenvalue weighted by atomic mass is 10.1. The van der Waals surface area contributed by atoms with Crippen LogP contribution in [0.2, 0.25) is 0 Å². The molecule has 0 amide bonds. The summed E-state index contributed by atoms with van der Waals surface area (Å²) in [6, 6.07) is 9.80. The zero-order valence-corrected chi connectivity index (χ0v) is 15.9. The molecule has 2 aromatic rings. The topological polar surface area (TPSA) is 109 Å². The Morgan fingerprint density at radius 2 is 1.96 bits per heavy atom. The van der Waals surface area contributed by atoms with Crippen molar-refractivity contribution in [3.8, 4) is 11.8 Å². The summed E-state index contributed by atoms with van der Waals surface area (Å²) in [4.78, 5) is 38.5. The molecule has 0 aliphatic rings. The van der Waals surface area contributed by atoms with Crippen LogP contribution in [0.4, 0.5) is 0 Å². The van der Waals surface area contributed by atoms with Crippen LogP contribution >= 0.6 is 11.8 Å². The van der Waals surface area contributed by atoms with Crippen molar-refractivity contribution in [3.63, 3.8) is 0 Å². The number of hydrogen-bond acceptors (Lipinski definition) is 7. The smallest absolute Gasteiger partial charge is 0.317 e. The van der Waals surface area contributed by atoms with Gasteiger partial charge in [0.05, 0.1) is 23.5 Å². The van der Waals surface area contributed by atoms with Crippen LogP contribution in [0.25, 0.3) is 0 Å². The fraction of sp³-hybridized carbons (Fsp3) is 0.263. The monoisotopic (exact) mass is 386 g/mol. The minimum Gasteiger partial charge on any atom is -0.497 e. The standard InChI is InChI=1S/C19H18N2O5S/c1-11-8-16(22)21-19(15(11)9-20)27-10-17(23)26-12(2)18(24)13-4-6-14(25-3)7-5-13/h4-8,12H,10H2,1-3H3,(H,21,22)/t12-/m1/s1. The number of H-pyrrole nitrogens is 1. The van der Waals surface area contributed by atoms with E-state index in [0.717, 1.165) is 11.8 Å². The maximum atomic E-state index is 12.3. The van der Waals surface area contributed by atoms with E-state index in [2.05, 4.69) is 4.98 Å². The Morgan fingerprint density at radius 1 is 1.30 bits per heavy atom. The van der Waals surface area contributed by atoms with Crippen LogP contribution in [0, 0.1) is 18.3 Å². The van der Waals surface area contributed by atoms with Crippen molar-refractivity contribution in [3.05, 3.63) is 57.4 Å². The minimum atomic E-state index is -0.960. The number of aryl methyl sites for hydroxylation is 1. The number of hydrogen-bond donors (Lipinski definition) is 1. The molecule has 1 heterocycles. The van der Waals surface area contributed by atoms with Crippen molar-refractivity contribution < 1.29 is 19.1 Å². The highest BCUT2D eigenvalue weighted by Crippen LogP contribution is 2.21. The van der Waals surface area contributed by atoms with E-state index in [9.17, 15) is 19.6 Å². The number of esters is 1. The number of benzene rings is 1. The van der Waals surface area contributed by atoms with E-state index in [4.69, 9.17) is 9.47 Å². The Labute approximate surface area is 160 Å². The van der Waals surface area contributed by atoms with Crippen molar-refractivity contribution in [1.82, 2.24) is 4.98 Å². The fourth-order valence-corrected chi connectivity index (χ4v) is 3.17. The number of nitrogens with zero attached hydrogens (tertiary/aromatic N) is 1. The molecule has 0 bridgehead atoms. The number of methoxy groups -OCH3 is 1. The highest BCUT2D eigenvalue weighted by molar-refractivity contribution is 7.99. The van der Waals surface area contributed by atoms with Crippen LogP contribution in [0.1, 0.15) is 28.4 Å². The molecule has 0 saturated heterocycles. The molecule has 0 spiro atoms. The van der Waals surface area contributed by atoms with Crippen LogP contribution in [-0.2, 0) is 9.53 Å². The van der Waals surface area contributed by atoms with Gasteiger partial charge >= 0.3 is 5.97 Å². The van der Waals surface area contributed by atoms with Crippen molar-refractivity contribution >= 4 is 23.5 Å². The van der Waals surface area contributed by atoms with E-state index in [-0.39, 0.29) is 17.1 Å². The number of thioether (sulfide) groups is 1. The number of aromatic amines is 1. The quantitative estimate of drug-likeness (QED) is 0.442. The first-order chi connectivity index (χ1) is 12.8. The molecule has 0 radical (unpaired) electrons. The van der Waals surface area contributed by atoms with Gasteiger partial charge in [0.25, 0.3) is 0 Å². The Morgan fingerprint density at radius 3 is 2.56 bits per heavy atom. The van der Waals surface area contributed by atoms with Crippen molar-refractivity contribution in [2.45, 2.75) is 25.0 Å². The molecule has 1 N–H and O–H groups in total. The van der Waals surface area contributed by atoms with Crippen LogP contribution in [0.15, 0.2) is 40.2 Å². The second kappa shape index (κ2) is 9.05. The lowest BCUT2D eigenvalue weighted by Crippen LogP contribution is -2.25. The Kier molecular flexibility index (Phi) is 6.79. The van der Waals surface area contributed by atoms with Gasteiger partial charge in [0.2, 0.25) is 11.3 Å². The molecule has 1 aromatic carbocycles. The number of rotatable bonds is 7. The molecule has 0 unspecified atom stereocenters. The van der Waals surface area contributed by atoms with E-state index in [1.54, 1.807) is 31.2 Å². The Hall–Kier alpha value is -3.05. The van der Waals surface area contributed by atoms with Crippen LogP contribution < -0.4 is 10.3 Å². The molecule has 27 heavy (non-hydrogen) atoms. The third kappa shape index (κ3) is 5.21. The number of carbonyl (C=O) groups excluding carboxylic acids is 2. The maximum Gasteiger partial charge on any atom is 0.317 e. The largest absolute Gasteiger partial charge is 0.497 e. The van der Waals surface area contributed by atoms with Gasteiger partial charge in [-0.3, -0.25) is 14.4 Å². The summed E-state index contributed by atoms with van der Waals surface area (Å²) in [5.41, 5.74) is 0.874. The van der Waals surface area contributed by atoms with E-state index < -0.39 is 12.1 Å². The van der Waals surface area contributed by atoms with Gasteiger partial charge in [-0.1, -0.05) is 11.8 Å². The number of aromatic nitrogens is 1. The number of carbonyl (C=O) groups is 2. The number of ether oxygens (including phenoxy) is 2. The average molecular weight is 386 g/mol. The number of pyridine rings is 1. The summed E-state index contributed by atoms with van der Waals surface area (Å²) in [6.07, 6.45) is -0.960. The summed E-state index contributed by atoms with van der Waals surface area (Å²) < 4.78 is 10.2. The lowest BCUT2D eigenvalue weighted by Gasteiger charge is -2.13. The lowest BCUT2D eigenvalue weighted by molar-refractivity contribution is -0.143. The summed E-state index contributed by atoms with van der Waals surface area (Å²) in [6.45, 7) is 3.14. The molecule has 0 saturated carbocycles. The van der Waals surface area contributed by atoms with Gasteiger partial charge in [-0.2, -0.15) is 5.26 Å². The first-order valence-corrected chi connectivity index (χ1v) is 8.98. The predicted octanol–water partition coefficient (Wildman–Crippen LogP) is 2.47. The average Bonchev–Trinajstić information content (AvgIpc) is 2.65. The first-order valence-electron chi connectivity index (χ1n) is 8.00. The van der Waals surface area contributed by atoms with E-state index in [0.29, 0.717) is 27.5 Å². The molecule has 7 nitrogen and oxygen atoms in total. The molecule has 0 aliphatic heterocycles. The van der Waals surface area contributed by atoms with Crippen LogP contribution in [0.5, 0.6) is 5.75 Å². The second-order valence-electron chi connectivity index (χ2n) is 5.65. The molecule has 1 atom stereocenters. The van der Waals surface area contributed by atoms with Crippen LogP contribution in [-0.4, -0.2) is 35.7 Å². The summed E-state index contributed by atoms with van der Waals surface area (Å²) in [7, 11) is 1.53. The van der Waals surface area contributed by atoms with Gasteiger partial charge in [0, 0.05) is 11.6 Å². The van der Waals surface area contributed by atoms with Gasteiger partial charge in [-0.05, 0) is 43.7 Å². The van der Waals surface area contributed by atoms with Crippen LogP contribution in [0.3, 0.4) is 0 Å². The van der Waals surface area contributed by atoms with Crippen molar-refractivity contribution in [2.24, 2.45) is 0 Å². The first kappa shape index (κ1) is 20.3. The van der Waals surface area contributed by atoms with Crippen molar-refractivity contribution in [1.29, 1.82) is 5.26 Å². The second-order valence-corrected chi connectivity index (χ2v) is 6.63. The van der Waals surface area contributed by atoms with Gasteiger partial charge in [-0.15, -0.1) is 0 Å². The van der Waals surface area contributed by atoms with E-state index in [1.165, 1.54) is 20.1 Å². The summed E-state index contributed by atoms with van der Waals surface area (Å²) >= 11 is 0.982. The molecular weight excluding hydrogens is 368 g/mol. The zero-order valence-electron chi connectivity index (χ0n) is 15.1. The highest BCUT2D eigenvalue weighted by Gasteiger charge is 2.20. The third-order valence-corrected chi connectivity index (χ3v) is 4.68. The third-order valence-electron chi connectivity index (χ3n) is 3.70. The number of nitrogens with one attached hydrogen (secondary N) is 1. The summed E-state index contributed by atoms with van der Waals surface area (Å²) in [5, 5.41) is 9.48. The Balaban J connectivity index is 1.98. The highest BCUT2D eigenvalue weighted by atomic mass is 32.2. The van der Waals surface area contributed by atoms with E-state index in [1.807, 2.05) is 6.07 Å². The normalized spacial score (nSPS) is 11.3. The number of Topliss-reactive ketones (excluding diaryl/α,β-unsaturated/α-hetero) is 1. The molecule has 2 rings (SSSR count). The molecule has 8 heteroatoms. The predicted molar refractivity (Wildman–Crippen MR) is 100 cm³/mol. The number of nitriles is 1. The molecule has 0 fully saturated rings. The number of ketones is 1. The van der Waals surface area contributed by atoms with Crippen molar-refractivity contribution in [2.75, 3.05) is 12.9 Å². The summed E-state index contributed by atoms with van der Waals surface area (Å²) in [5.74, 6) is -0.486. The minimum absolute atomic E-state index is 0.145. The van der Waals surface area contributed by atoms with Gasteiger partial charge < -0.3 is 14.5 Å². The fourth-order valence-electron chi connectivity index (χ4n) is 2.31. The van der Waals surface area contributed by atoms with Gasteiger partial charge in [0.1, 0.15) is 11.8 Å².